The Hall–Kier alpha value is -0.540. The number of nitrogens with one attached hydrogen (secondary N) is 1. The van der Waals surface area contributed by atoms with Crippen molar-refractivity contribution in [1.82, 2.24) is 5.32 Å². The normalized spacial score (nSPS) is 20.9. The number of fused-ring (bicyclic) bond motifs is 1. The molecule has 2 nitrogen and oxygen atoms in total. The van der Waals surface area contributed by atoms with Gasteiger partial charge in [-0.25, -0.2) is 0 Å². The summed E-state index contributed by atoms with van der Waals surface area (Å²) >= 11 is 3.60. The molecule has 0 aromatic heterocycles. The average molecular weight is 270 g/mol. The summed E-state index contributed by atoms with van der Waals surface area (Å²) in [5, 5.41) is 3.27. The fourth-order valence-electron chi connectivity index (χ4n) is 2.04. The molecule has 1 aliphatic rings. The predicted molar refractivity (Wildman–Crippen MR) is 65.5 cm³/mol. The second-order valence-electron chi connectivity index (χ2n) is 4.08. The number of benzene rings is 1. The molecule has 82 valence electrons. The van der Waals surface area contributed by atoms with E-state index in [1.54, 1.807) is 0 Å². The van der Waals surface area contributed by atoms with Crippen molar-refractivity contribution < 1.29 is 4.74 Å². The zero-order chi connectivity index (χ0) is 10.8. The standard InChI is InChI=1S/C12H16BrNO/c1-8(14-2)6-9-7-15-11-5-3-4-10(13)12(9)11/h3-5,8-9,14H,6-7H2,1-2H3. The van der Waals surface area contributed by atoms with Gasteiger partial charge < -0.3 is 10.1 Å². The molecular formula is C12H16BrNO. The van der Waals surface area contributed by atoms with Crippen LogP contribution >= 0.6 is 15.9 Å². The molecule has 0 amide bonds. The van der Waals surface area contributed by atoms with Crippen LogP contribution in [0.2, 0.25) is 0 Å². The monoisotopic (exact) mass is 269 g/mol. The van der Waals surface area contributed by atoms with Crippen LogP contribution in [-0.2, 0) is 0 Å². The van der Waals surface area contributed by atoms with Crippen LogP contribution in [0, 0.1) is 0 Å². The largest absolute Gasteiger partial charge is 0.493 e. The third-order valence-electron chi connectivity index (χ3n) is 2.99. The minimum absolute atomic E-state index is 0.512. The Morgan fingerprint density at radius 1 is 1.60 bits per heavy atom. The van der Waals surface area contributed by atoms with Crippen molar-refractivity contribution in [1.29, 1.82) is 0 Å². The molecule has 1 aliphatic heterocycles. The molecule has 0 bridgehead atoms. The third kappa shape index (κ3) is 2.18. The fourth-order valence-corrected chi connectivity index (χ4v) is 2.72. The van der Waals surface area contributed by atoms with E-state index < -0.39 is 0 Å². The SMILES string of the molecule is CNC(C)CC1COc2cccc(Br)c21. The summed E-state index contributed by atoms with van der Waals surface area (Å²) in [6.07, 6.45) is 1.12. The van der Waals surface area contributed by atoms with Gasteiger partial charge in [0.25, 0.3) is 0 Å². The maximum atomic E-state index is 5.68. The lowest BCUT2D eigenvalue weighted by Crippen LogP contribution is -2.24. The van der Waals surface area contributed by atoms with E-state index in [9.17, 15) is 0 Å². The van der Waals surface area contributed by atoms with E-state index in [0.29, 0.717) is 12.0 Å². The lowest BCUT2D eigenvalue weighted by Gasteiger charge is -2.15. The van der Waals surface area contributed by atoms with E-state index in [2.05, 4.69) is 34.2 Å². The quantitative estimate of drug-likeness (QED) is 0.911. The van der Waals surface area contributed by atoms with Gasteiger partial charge in [-0.1, -0.05) is 22.0 Å². The number of hydrogen-bond acceptors (Lipinski definition) is 2. The van der Waals surface area contributed by atoms with Gasteiger partial charge in [0.1, 0.15) is 5.75 Å². The van der Waals surface area contributed by atoms with Gasteiger partial charge in [-0.05, 0) is 32.5 Å². The fraction of sp³-hybridized carbons (Fsp3) is 0.500. The first-order chi connectivity index (χ1) is 7.22. The molecule has 1 heterocycles. The average Bonchev–Trinajstić information content (AvgIpc) is 2.63. The highest BCUT2D eigenvalue weighted by Crippen LogP contribution is 2.40. The van der Waals surface area contributed by atoms with Crippen LogP contribution in [0.1, 0.15) is 24.8 Å². The summed E-state index contributed by atoms with van der Waals surface area (Å²) in [6.45, 7) is 3.01. The molecule has 0 saturated carbocycles. The second kappa shape index (κ2) is 4.54. The van der Waals surface area contributed by atoms with Gasteiger partial charge in [0.15, 0.2) is 0 Å². The Morgan fingerprint density at radius 2 is 2.40 bits per heavy atom. The highest BCUT2D eigenvalue weighted by molar-refractivity contribution is 9.10. The maximum Gasteiger partial charge on any atom is 0.124 e. The van der Waals surface area contributed by atoms with Crippen LogP contribution in [0.15, 0.2) is 22.7 Å². The molecule has 1 N–H and O–H groups in total. The molecule has 0 aliphatic carbocycles. The van der Waals surface area contributed by atoms with Crippen LogP contribution in [0.5, 0.6) is 5.75 Å². The van der Waals surface area contributed by atoms with Gasteiger partial charge in [0, 0.05) is 22.0 Å². The Balaban J connectivity index is 2.20. The molecule has 2 unspecified atom stereocenters. The Morgan fingerprint density at radius 3 is 3.13 bits per heavy atom. The number of ether oxygens (including phenoxy) is 1. The van der Waals surface area contributed by atoms with Gasteiger partial charge in [0.05, 0.1) is 6.61 Å². The topological polar surface area (TPSA) is 21.3 Å². The van der Waals surface area contributed by atoms with Crippen molar-refractivity contribution in [3.8, 4) is 5.75 Å². The second-order valence-corrected chi connectivity index (χ2v) is 4.94. The van der Waals surface area contributed by atoms with Gasteiger partial charge in [0.2, 0.25) is 0 Å². The molecule has 2 atom stereocenters. The summed E-state index contributed by atoms with van der Waals surface area (Å²) in [7, 11) is 2.00. The van der Waals surface area contributed by atoms with Crippen molar-refractivity contribution >= 4 is 15.9 Å². The molecule has 1 aromatic rings. The number of halogens is 1. The molecule has 0 spiro atoms. The minimum atomic E-state index is 0.512. The molecule has 0 radical (unpaired) electrons. The smallest absolute Gasteiger partial charge is 0.124 e. The molecule has 2 rings (SSSR count). The Bertz CT molecular complexity index is 353. The maximum absolute atomic E-state index is 5.68. The highest BCUT2D eigenvalue weighted by atomic mass is 79.9. The first-order valence-corrected chi connectivity index (χ1v) is 6.10. The Kier molecular flexibility index (Phi) is 3.32. The minimum Gasteiger partial charge on any atom is -0.493 e. The lowest BCUT2D eigenvalue weighted by molar-refractivity contribution is 0.316. The summed E-state index contributed by atoms with van der Waals surface area (Å²) in [5.41, 5.74) is 1.33. The van der Waals surface area contributed by atoms with E-state index in [4.69, 9.17) is 4.74 Å². The summed E-state index contributed by atoms with van der Waals surface area (Å²) in [4.78, 5) is 0. The van der Waals surface area contributed by atoms with Crippen LogP contribution in [0.3, 0.4) is 0 Å². The van der Waals surface area contributed by atoms with Crippen molar-refractivity contribution in [2.75, 3.05) is 13.7 Å². The first kappa shape index (κ1) is 11.0. The summed E-state index contributed by atoms with van der Waals surface area (Å²) in [5.74, 6) is 1.55. The zero-order valence-corrected chi connectivity index (χ0v) is 10.7. The van der Waals surface area contributed by atoms with E-state index in [0.717, 1.165) is 18.8 Å². The van der Waals surface area contributed by atoms with Gasteiger partial charge in [-0.2, -0.15) is 0 Å². The van der Waals surface area contributed by atoms with E-state index in [1.807, 2.05) is 19.2 Å². The predicted octanol–water partition coefficient (Wildman–Crippen LogP) is 2.92. The van der Waals surface area contributed by atoms with Crippen LogP contribution in [-0.4, -0.2) is 19.7 Å². The molecule has 0 saturated heterocycles. The highest BCUT2D eigenvalue weighted by Gasteiger charge is 2.27. The summed E-state index contributed by atoms with van der Waals surface area (Å²) in [6, 6.07) is 6.68. The molecular weight excluding hydrogens is 254 g/mol. The number of rotatable bonds is 3. The zero-order valence-electron chi connectivity index (χ0n) is 9.09. The van der Waals surface area contributed by atoms with E-state index in [1.165, 1.54) is 10.0 Å². The van der Waals surface area contributed by atoms with Crippen molar-refractivity contribution in [2.24, 2.45) is 0 Å². The van der Waals surface area contributed by atoms with Gasteiger partial charge >= 0.3 is 0 Å². The van der Waals surface area contributed by atoms with E-state index in [-0.39, 0.29) is 0 Å². The number of hydrogen-bond donors (Lipinski definition) is 1. The molecule has 3 heteroatoms. The molecule has 15 heavy (non-hydrogen) atoms. The summed E-state index contributed by atoms with van der Waals surface area (Å²) < 4.78 is 6.85. The van der Waals surface area contributed by atoms with E-state index >= 15 is 0 Å². The van der Waals surface area contributed by atoms with Crippen molar-refractivity contribution in [3.63, 3.8) is 0 Å². The van der Waals surface area contributed by atoms with Crippen LogP contribution in [0.4, 0.5) is 0 Å². The van der Waals surface area contributed by atoms with Crippen LogP contribution in [0.25, 0.3) is 0 Å². The van der Waals surface area contributed by atoms with Crippen molar-refractivity contribution in [2.45, 2.75) is 25.3 Å². The molecule has 0 fully saturated rings. The lowest BCUT2D eigenvalue weighted by atomic mass is 9.95. The first-order valence-electron chi connectivity index (χ1n) is 5.31. The van der Waals surface area contributed by atoms with Gasteiger partial charge in [-0.3, -0.25) is 0 Å². The van der Waals surface area contributed by atoms with Crippen molar-refractivity contribution in [3.05, 3.63) is 28.2 Å². The van der Waals surface area contributed by atoms with Crippen LogP contribution < -0.4 is 10.1 Å². The molecule has 1 aromatic carbocycles. The third-order valence-corrected chi connectivity index (χ3v) is 3.68. The van der Waals surface area contributed by atoms with Gasteiger partial charge in [-0.15, -0.1) is 0 Å². The Labute approximate surface area is 99.1 Å².